The second-order valence-electron chi connectivity index (χ2n) is 5.80. The Labute approximate surface area is 181 Å². The van der Waals surface area contributed by atoms with E-state index < -0.39 is 5.09 Å². The van der Waals surface area contributed by atoms with Crippen LogP contribution in [0.1, 0.15) is 16.4 Å². The zero-order valence-electron chi connectivity index (χ0n) is 15.0. The quantitative estimate of drug-likeness (QED) is 0.412. The van der Waals surface area contributed by atoms with Gasteiger partial charge in [0.1, 0.15) is 0 Å². The Bertz CT molecular complexity index is 936. The van der Waals surface area contributed by atoms with Crippen molar-refractivity contribution in [2.24, 2.45) is 0 Å². The Morgan fingerprint density at radius 1 is 1.24 bits per heavy atom. The average molecular weight is 454 g/mol. The van der Waals surface area contributed by atoms with E-state index in [9.17, 15) is 4.79 Å². The molecule has 0 bridgehead atoms. The first-order chi connectivity index (χ1) is 13.8. The van der Waals surface area contributed by atoms with Crippen LogP contribution in [-0.2, 0) is 17.8 Å². The minimum absolute atomic E-state index is 0.0994. The summed E-state index contributed by atoms with van der Waals surface area (Å²) in [6, 6.07) is 15.1. The lowest BCUT2D eigenvalue weighted by molar-refractivity contribution is -0.742. The van der Waals surface area contributed by atoms with Crippen LogP contribution in [0.2, 0.25) is 10.0 Å². The number of rotatable bonds is 6. The first-order valence-electron chi connectivity index (χ1n) is 8.32. The molecule has 2 aromatic carbocycles. The fourth-order valence-electron chi connectivity index (χ4n) is 2.51. The lowest BCUT2D eigenvalue weighted by atomic mass is 10.1. The molecule has 1 unspecified atom stereocenters. The van der Waals surface area contributed by atoms with Crippen molar-refractivity contribution >= 4 is 40.1 Å². The highest BCUT2D eigenvalue weighted by Crippen LogP contribution is 2.37. The van der Waals surface area contributed by atoms with Crippen LogP contribution < -0.4 is 0 Å². The zero-order chi connectivity index (χ0) is 21.2. The van der Waals surface area contributed by atoms with Gasteiger partial charge in [-0.05, 0) is 23.3 Å². The van der Waals surface area contributed by atoms with Gasteiger partial charge < -0.3 is 9.77 Å². The Balaban J connectivity index is 0.000000687. The van der Waals surface area contributed by atoms with Gasteiger partial charge in [0, 0.05) is 35.4 Å². The van der Waals surface area contributed by atoms with E-state index in [0.717, 1.165) is 11.1 Å². The van der Waals surface area contributed by atoms with Crippen molar-refractivity contribution in [2.75, 3.05) is 0 Å². The smallest absolute Gasteiger partial charge is 0.291 e. The molecule has 1 atom stereocenters. The Hall–Kier alpha value is -2.55. The maximum atomic E-state index is 12.6. The molecule has 0 amide bonds. The van der Waals surface area contributed by atoms with Gasteiger partial charge in [-0.2, -0.15) is 0 Å². The molecule has 0 saturated heterocycles. The number of hydrogen-bond donors (Lipinski definition) is 1. The van der Waals surface area contributed by atoms with E-state index in [2.05, 4.69) is 4.98 Å². The first kappa shape index (κ1) is 22.7. The average Bonchev–Trinajstić information content (AvgIpc) is 3.14. The molecule has 3 rings (SSSR count). The second kappa shape index (κ2) is 11.5. The summed E-state index contributed by atoms with van der Waals surface area (Å²) in [5.41, 5.74) is 1.90. The van der Waals surface area contributed by atoms with Gasteiger partial charge in [-0.3, -0.25) is 4.79 Å². The molecule has 0 aliphatic carbocycles. The minimum Gasteiger partial charge on any atom is -0.336 e. The topological polar surface area (TPSA) is 98.3 Å². The van der Waals surface area contributed by atoms with Gasteiger partial charge in [0.25, 0.3) is 5.09 Å². The molecular formula is C19H17Cl2N3O4S. The van der Waals surface area contributed by atoms with E-state index in [1.165, 1.54) is 11.8 Å². The summed E-state index contributed by atoms with van der Waals surface area (Å²) < 4.78 is 1.94. The molecule has 0 spiro atoms. The van der Waals surface area contributed by atoms with Crippen LogP contribution in [0.15, 0.2) is 67.3 Å². The van der Waals surface area contributed by atoms with Crippen molar-refractivity contribution in [1.82, 2.24) is 9.55 Å². The molecule has 29 heavy (non-hydrogen) atoms. The Morgan fingerprint density at radius 2 is 1.93 bits per heavy atom. The fourth-order valence-corrected chi connectivity index (χ4v) is 4.26. The van der Waals surface area contributed by atoms with E-state index in [0.29, 0.717) is 23.0 Å². The second-order valence-corrected chi connectivity index (χ2v) is 7.91. The summed E-state index contributed by atoms with van der Waals surface area (Å²) in [6.45, 7) is 0.604. The molecule has 1 aromatic heterocycles. The number of hydrogen-bond acceptors (Lipinski definition) is 5. The molecule has 7 nitrogen and oxygen atoms in total. The van der Waals surface area contributed by atoms with Crippen LogP contribution in [0.25, 0.3) is 0 Å². The highest BCUT2D eigenvalue weighted by Gasteiger charge is 2.20. The van der Waals surface area contributed by atoms with Gasteiger partial charge in [0.05, 0.1) is 11.6 Å². The summed E-state index contributed by atoms with van der Waals surface area (Å²) >= 11 is 13.7. The molecule has 3 aromatic rings. The predicted octanol–water partition coefficient (Wildman–Crippen LogP) is 5.09. The summed E-state index contributed by atoms with van der Waals surface area (Å²) in [6.07, 6.45) is 5.71. The van der Waals surface area contributed by atoms with Crippen molar-refractivity contribution in [3.63, 3.8) is 0 Å². The molecule has 1 N–H and O–H groups in total. The highest BCUT2D eigenvalue weighted by molar-refractivity contribution is 8.13. The fraction of sp³-hybridized carbons (Fsp3) is 0.158. The molecular weight excluding hydrogens is 437 g/mol. The largest absolute Gasteiger partial charge is 0.336 e. The molecule has 0 aliphatic heterocycles. The number of imidazole rings is 1. The van der Waals surface area contributed by atoms with Crippen LogP contribution in [0.4, 0.5) is 0 Å². The monoisotopic (exact) mass is 453 g/mol. The number of aromatic nitrogens is 2. The van der Waals surface area contributed by atoms with E-state index in [4.69, 9.17) is 38.5 Å². The maximum Gasteiger partial charge on any atom is 0.291 e. The molecule has 10 heteroatoms. The van der Waals surface area contributed by atoms with Crippen molar-refractivity contribution in [3.8, 4) is 0 Å². The molecule has 152 valence electrons. The van der Waals surface area contributed by atoms with Gasteiger partial charge in [-0.15, -0.1) is 10.1 Å². The van der Waals surface area contributed by atoms with Gasteiger partial charge in [-0.25, -0.2) is 4.98 Å². The van der Waals surface area contributed by atoms with Crippen molar-refractivity contribution in [2.45, 2.75) is 18.2 Å². The lowest BCUT2D eigenvalue weighted by Gasteiger charge is -2.18. The number of benzene rings is 2. The third-order valence-corrected chi connectivity index (χ3v) is 5.37. The normalized spacial score (nSPS) is 11.2. The van der Waals surface area contributed by atoms with E-state index in [1.807, 2.05) is 47.2 Å². The number of nitrogens with zero attached hydrogens (tertiary/aromatic N) is 3. The van der Waals surface area contributed by atoms with Crippen LogP contribution in [0.3, 0.4) is 0 Å². The third-order valence-electron chi connectivity index (χ3n) is 3.71. The summed E-state index contributed by atoms with van der Waals surface area (Å²) in [5.74, 6) is 0. The number of halogens is 2. The summed E-state index contributed by atoms with van der Waals surface area (Å²) in [5, 5.41) is 14.8. The van der Waals surface area contributed by atoms with Crippen LogP contribution in [-0.4, -0.2) is 25.0 Å². The SMILES string of the molecule is O=C(Cc1ccccc1)SC(Cn1ccnc1)c1ccc(Cl)cc1Cl.O=[N+]([O-])O. The molecule has 0 saturated carbocycles. The molecule has 1 heterocycles. The maximum absolute atomic E-state index is 12.6. The van der Waals surface area contributed by atoms with Crippen LogP contribution >= 0.6 is 35.0 Å². The third kappa shape index (κ3) is 8.15. The number of carbonyl (C=O) groups is 1. The van der Waals surface area contributed by atoms with E-state index in [1.54, 1.807) is 24.7 Å². The molecule has 0 radical (unpaired) electrons. The number of thioether (sulfide) groups is 1. The lowest BCUT2D eigenvalue weighted by Crippen LogP contribution is -2.09. The molecule has 0 aliphatic rings. The van der Waals surface area contributed by atoms with E-state index >= 15 is 0 Å². The van der Waals surface area contributed by atoms with Gasteiger partial charge in [0.2, 0.25) is 0 Å². The summed E-state index contributed by atoms with van der Waals surface area (Å²) in [4.78, 5) is 25.0. The molecule has 0 fully saturated rings. The van der Waals surface area contributed by atoms with Gasteiger partial charge in [0.15, 0.2) is 5.12 Å². The van der Waals surface area contributed by atoms with Gasteiger partial charge in [-0.1, -0.05) is 71.4 Å². The van der Waals surface area contributed by atoms with Gasteiger partial charge >= 0.3 is 0 Å². The van der Waals surface area contributed by atoms with Crippen molar-refractivity contribution in [1.29, 1.82) is 0 Å². The Kier molecular flexibility index (Phi) is 8.98. The van der Waals surface area contributed by atoms with E-state index in [-0.39, 0.29) is 10.4 Å². The van der Waals surface area contributed by atoms with Crippen LogP contribution in [0, 0.1) is 10.1 Å². The van der Waals surface area contributed by atoms with Crippen molar-refractivity contribution < 1.29 is 15.1 Å². The first-order valence-corrected chi connectivity index (χ1v) is 9.96. The number of carbonyl (C=O) groups excluding carboxylic acids is 1. The predicted molar refractivity (Wildman–Crippen MR) is 113 cm³/mol. The minimum atomic E-state index is -1.50. The summed E-state index contributed by atoms with van der Waals surface area (Å²) in [7, 11) is 0. The van der Waals surface area contributed by atoms with Crippen molar-refractivity contribution in [3.05, 3.63) is 98.5 Å². The standard InChI is InChI=1S/C19H16Cl2N2OS.HNO3/c20-15-6-7-16(17(21)11-15)18(12-23-9-8-22-13-23)25-19(24)10-14-4-2-1-3-5-14;2-1(3)4/h1-9,11,13,18H,10,12H2;(H,2,3,4). The Morgan fingerprint density at radius 3 is 2.52 bits per heavy atom. The zero-order valence-corrected chi connectivity index (χ0v) is 17.3. The van der Waals surface area contributed by atoms with Crippen LogP contribution in [0.5, 0.6) is 0 Å². The highest BCUT2D eigenvalue weighted by atomic mass is 35.5.